The van der Waals surface area contributed by atoms with Crippen molar-refractivity contribution in [2.45, 2.75) is 16.4 Å². The molecule has 1 atom stereocenters. The van der Waals surface area contributed by atoms with Gasteiger partial charge in [-0.25, -0.2) is 0 Å². The SMILES string of the molecule is NCC1CCN(C(=O)c2oc3ccccc3c2CSc2cccs2)C1. The van der Waals surface area contributed by atoms with Crippen molar-refractivity contribution >= 4 is 40.0 Å². The minimum atomic E-state index is -0.00562. The van der Waals surface area contributed by atoms with Gasteiger partial charge in [0.15, 0.2) is 5.76 Å². The summed E-state index contributed by atoms with van der Waals surface area (Å²) >= 11 is 3.46. The zero-order valence-electron chi connectivity index (χ0n) is 13.8. The van der Waals surface area contributed by atoms with Gasteiger partial charge < -0.3 is 15.1 Å². The number of hydrogen-bond donors (Lipinski definition) is 1. The molecule has 3 aromatic rings. The number of thiophene rings is 1. The quantitative estimate of drug-likeness (QED) is 0.682. The predicted molar refractivity (Wildman–Crippen MR) is 103 cm³/mol. The first-order valence-electron chi connectivity index (χ1n) is 8.42. The Morgan fingerprint density at radius 3 is 2.96 bits per heavy atom. The second kappa shape index (κ2) is 7.23. The fraction of sp³-hybridized carbons (Fsp3) is 0.316. The number of furan rings is 1. The highest BCUT2D eigenvalue weighted by Gasteiger charge is 2.30. The van der Waals surface area contributed by atoms with E-state index in [1.807, 2.05) is 35.2 Å². The van der Waals surface area contributed by atoms with E-state index >= 15 is 0 Å². The van der Waals surface area contributed by atoms with Crippen molar-refractivity contribution in [1.29, 1.82) is 0 Å². The van der Waals surface area contributed by atoms with Crippen LogP contribution in [0.2, 0.25) is 0 Å². The first-order valence-corrected chi connectivity index (χ1v) is 10.3. The fourth-order valence-electron chi connectivity index (χ4n) is 3.26. The Morgan fingerprint density at radius 1 is 1.32 bits per heavy atom. The Bertz CT molecular complexity index is 873. The maximum absolute atomic E-state index is 13.0. The second-order valence-electron chi connectivity index (χ2n) is 6.27. The maximum atomic E-state index is 13.0. The number of carbonyl (C=O) groups excluding carboxylic acids is 1. The summed E-state index contributed by atoms with van der Waals surface area (Å²) in [4.78, 5) is 14.9. The lowest BCUT2D eigenvalue weighted by molar-refractivity contribution is 0.0757. The van der Waals surface area contributed by atoms with Gasteiger partial charge in [-0.1, -0.05) is 24.3 Å². The molecular formula is C19H20N2O2S2. The Balaban J connectivity index is 1.65. The van der Waals surface area contributed by atoms with E-state index in [0.29, 0.717) is 18.2 Å². The van der Waals surface area contributed by atoms with Gasteiger partial charge in [-0.3, -0.25) is 4.79 Å². The van der Waals surface area contributed by atoms with E-state index in [-0.39, 0.29) is 5.91 Å². The lowest BCUT2D eigenvalue weighted by Crippen LogP contribution is -2.30. The monoisotopic (exact) mass is 372 g/mol. The van der Waals surface area contributed by atoms with E-state index in [2.05, 4.69) is 11.4 Å². The summed E-state index contributed by atoms with van der Waals surface area (Å²) in [6, 6.07) is 12.0. The van der Waals surface area contributed by atoms with Crippen molar-refractivity contribution in [3.05, 3.63) is 53.1 Å². The smallest absolute Gasteiger partial charge is 0.289 e. The molecule has 1 fully saturated rings. The summed E-state index contributed by atoms with van der Waals surface area (Å²) in [5, 5.41) is 3.10. The summed E-state index contributed by atoms with van der Waals surface area (Å²) in [5.41, 5.74) is 7.54. The molecule has 0 spiro atoms. The van der Waals surface area contributed by atoms with E-state index < -0.39 is 0 Å². The fourth-order valence-corrected chi connectivity index (χ4v) is 5.07. The Labute approximate surface area is 155 Å². The summed E-state index contributed by atoms with van der Waals surface area (Å²) in [6.07, 6.45) is 0.974. The van der Waals surface area contributed by atoms with Crippen molar-refractivity contribution in [2.24, 2.45) is 11.7 Å². The van der Waals surface area contributed by atoms with Gasteiger partial charge in [-0.15, -0.1) is 23.1 Å². The van der Waals surface area contributed by atoms with Crippen LogP contribution < -0.4 is 5.73 Å². The highest BCUT2D eigenvalue weighted by molar-refractivity contribution is 8.00. The minimum absolute atomic E-state index is 0.00562. The third kappa shape index (κ3) is 3.34. The zero-order valence-corrected chi connectivity index (χ0v) is 15.4. The van der Waals surface area contributed by atoms with E-state index in [0.717, 1.165) is 41.8 Å². The van der Waals surface area contributed by atoms with Gasteiger partial charge in [-0.2, -0.15) is 0 Å². The van der Waals surface area contributed by atoms with Gasteiger partial charge in [0.05, 0.1) is 4.21 Å². The largest absolute Gasteiger partial charge is 0.451 e. The molecule has 0 aliphatic carbocycles. The third-order valence-corrected chi connectivity index (χ3v) is 6.81. The van der Waals surface area contributed by atoms with Crippen LogP contribution in [-0.2, 0) is 5.75 Å². The molecule has 2 N–H and O–H groups in total. The second-order valence-corrected chi connectivity index (χ2v) is 8.49. The van der Waals surface area contributed by atoms with Crippen LogP contribution in [0.3, 0.4) is 0 Å². The number of nitrogens with zero attached hydrogens (tertiary/aromatic N) is 1. The topological polar surface area (TPSA) is 59.5 Å². The van der Waals surface area contributed by atoms with Gasteiger partial charge in [-0.05, 0) is 36.4 Å². The number of fused-ring (bicyclic) bond motifs is 1. The number of benzene rings is 1. The van der Waals surface area contributed by atoms with Crippen LogP contribution in [0.5, 0.6) is 0 Å². The first-order chi connectivity index (χ1) is 12.3. The molecule has 1 saturated heterocycles. The Morgan fingerprint density at radius 2 is 2.20 bits per heavy atom. The van der Waals surface area contributed by atoms with Crippen molar-refractivity contribution in [2.75, 3.05) is 19.6 Å². The Hall–Kier alpha value is -1.76. The Kier molecular flexibility index (Phi) is 4.83. The standard InChI is InChI=1S/C19H20N2O2S2/c20-10-13-7-8-21(11-13)19(22)18-15(12-25-17-6-3-9-24-17)14-4-1-2-5-16(14)23-18/h1-6,9,13H,7-8,10-12,20H2. The number of amides is 1. The van der Waals surface area contributed by atoms with Crippen LogP contribution in [0.15, 0.2) is 50.4 Å². The summed E-state index contributed by atoms with van der Waals surface area (Å²) in [5.74, 6) is 1.61. The molecule has 25 heavy (non-hydrogen) atoms. The molecule has 0 bridgehead atoms. The molecule has 1 aliphatic rings. The molecule has 2 aromatic heterocycles. The van der Waals surface area contributed by atoms with Gasteiger partial charge in [0.25, 0.3) is 5.91 Å². The van der Waals surface area contributed by atoms with Crippen LogP contribution in [0.1, 0.15) is 22.5 Å². The molecule has 130 valence electrons. The van der Waals surface area contributed by atoms with Crippen molar-refractivity contribution in [1.82, 2.24) is 4.90 Å². The summed E-state index contributed by atoms with van der Waals surface area (Å²) in [6.45, 7) is 2.12. The number of likely N-dealkylation sites (tertiary alicyclic amines) is 1. The molecule has 4 nitrogen and oxygen atoms in total. The molecule has 4 rings (SSSR count). The van der Waals surface area contributed by atoms with Crippen molar-refractivity contribution in [3.8, 4) is 0 Å². The summed E-state index contributed by atoms with van der Waals surface area (Å²) < 4.78 is 7.22. The van der Waals surface area contributed by atoms with E-state index in [4.69, 9.17) is 10.2 Å². The molecule has 3 heterocycles. The predicted octanol–water partition coefficient (Wildman–Crippen LogP) is 4.21. The van der Waals surface area contributed by atoms with Crippen molar-refractivity contribution in [3.63, 3.8) is 0 Å². The normalized spacial score (nSPS) is 17.5. The lowest BCUT2D eigenvalue weighted by Gasteiger charge is -2.15. The lowest BCUT2D eigenvalue weighted by atomic mass is 10.1. The molecule has 0 radical (unpaired) electrons. The molecule has 1 aromatic carbocycles. The number of rotatable bonds is 5. The minimum Gasteiger partial charge on any atom is -0.451 e. The van der Waals surface area contributed by atoms with Crippen LogP contribution in [0, 0.1) is 5.92 Å². The van der Waals surface area contributed by atoms with Gasteiger partial charge in [0.2, 0.25) is 0 Å². The van der Waals surface area contributed by atoms with Gasteiger partial charge >= 0.3 is 0 Å². The first kappa shape index (κ1) is 16.7. The van der Waals surface area contributed by atoms with E-state index in [9.17, 15) is 4.79 Å². The number of nitrogens with two attached hydrogens (primary N) is 1. The molecule has 1 unspecified atom stereocenters. The van der Waals surface area contributed by atoms with E-state index in [1.165, 1.54) is 4.21 Å². The molecular weight excluding hydrogens is 352 g/mol. The van der Waals surface area contributed by atoms with Crippen LogP contribution in [0.25, 0.3) is 11.0 Å². The number of para-hydroxylation sites is 1. The van der Waals surface area contributed by atoms with Crippen LogP contribution >= 0.6 is 23.1 Å². The molecule has 6 heteroatoms. The molecule has 1 aliphatic heterocycles. The summed E-state index contributed by atoms with van der Waals surface area (Å²) in [7, 11) is 0. The average Bonchev–Trinajstić information content (AvgIpc) is 3.37. The van der Waals surface area contributed by atoms with Gasteiger partial charge in [0.1, 0.15) is 5.58 Å². The van der Waals surface area contributed by atoms with E-state index in [1.54, 1.807) is 23.1 Å². The number of hydrogen-bond acceptors (Lipinski definition) is 5. The van der Waals surface area contributed by atoms with Crippen LogP contribution in [0.4, 0.5) is 0 Å². The maximum Gasteiger partial charge on any atom is 0.289 e. The highest BCUT2D eigenvalue weighted by Crippen LogP contribution is 2.34. The highest BCUT2D eigenvalue weighted by atomic mass is 32.2. The molecule has 0 saturated carbocycles. The average molecular weight is 373 g/mol. The van der Waals surface area contributed by atoms with Gasteiger partial charge in [0, 0.05) is 29.8 Å². The van der Waals surface area contributed by atoms with Crippen molar-refractivity contribution < 1.29 is 9.21 Å². The number of thioether (sulfide) groups is 1. The molecule has 1 amide bonds. The third-order valence-electron chi connectivity index (χ3n) is 4.65. The van der Waals surface area contributed by atoms with Crippen LogP contribution in [-0.4, -0.2) is 30.4 Å². The zero-order chi connectivity index (χ0) is 17.2. The number of carbonyl (C=O) groups is 1.